The van der Waals surface area contributed by atoms with Crippen LogP contribution in [0.4, 0.5) is 8.78 Å². The van der Waals surface area contributed by atoms with Crippen LogP contribution in [0.2, 0.25) is 0 Å². The molecule has 0 aliphatic heterocycles. The van der Waals surface area contributed by atoms with Gasteiger partial charge in [-0.25, -0.2) is 8.78 Å². The Balaban J connectivity index is 2.03. The molecule has 96 valence electrons. The maximum absolute atomic E-state index is 13.4. The standard InChI is InChI=1S/C13H15F2N3/c1-9(13-5-6-17-18(13)2)16-8-10-7-11(14)3-4-12(10)15/h3-7,9,16H,8H2,1-2H3. The van der Waals surface area contributed by atoms with Crippen molar-refractivity contribution in [3.63, 3.8) is 0 Å². The molecule has 0 bridgehead atoms. The van der Waals surface area contributed by atoms with E-state index < -0.39 is 11.6 Å². The maximum atomic E-state index is 13.4. The largest absolute Gasteiger partial charge is 0.305 e. The van der Waals surface area contributed by atoms with Crippen LogP contribution in [0.3, 0.4) is 0 Å². The van der Waals surface area contributed by atoms with Crippen LogP contribution in [0.5, 0.6) is 0 Å². The Morgan fingerprint density at radius 2 is 2.11 bits per heavy atom. The topological polar surface area (TPSA) is 29.9 Å². The number of nitrogens with one attached hydrogen (secondary N) is 1. The van der Waals surface area contributed by atoms with Crippen molar-refractivity contribution in [1.82, 2.24) is 15.1 Å². The molecule has 0 amide bonds. The van der Waals surface area contributed by atoms with E-state index in [1.54, 1.807) is 10.9 Å². The molecule has 2 rings (SSSR count). The molecule has 0 spiro atoms. The predicted octanol–water partition coefficient (Wildman–Crippen LogP) is 2.55. The van der Waals surface area contributed by atoms with E-state index in [0.717, 1.165) is 17.8 Å². The van der Waals surface area contributed by atoms with Crippen LogP contribution < -0.4 is 5.32 Å². The van der Waals surface area contributed by atoms with Crippen LogP contribution in [-0.4, -0.2) is 9.78 Å². The summed E-state index contributed by atoms with van der Waals surface area (Å²) in [6.45, 7) is 2.23. The minimum atomic E-state index is -0.429. The van der Waals surface area contributed by atoms with Crippen LogP contribution in [0.25, 0.3) is 0 Å². The smallest absolute Gasteiger partial charge is 0.127 e. The Bertz CT molecular complexity index is 537. The summed E-state index contributed by atoms with van der Waals surface area (Å²) in [6.07, 6.45) is 1.70. The summed E-state index contributed by atoms with van der Waals surface area (Å²) in [6, 6.07) is 5.36. The van der Waals surface area contributed by atoms with Crippen LogP contribution in [0, 0.1) is 11.6 Å². The van der Waals surface area contributed by atoms with Crippen LogP contribution >= 0.6 is 0 Å². The monoisotopic (exact) mass is 251 g/mol. The number of benzene rings is 1. The van der Waals surface area contributed by atoms with E-state index in [1.807, 2.05) is 20.0 Å². The lowest BCUT2D eigenvalue weighted by atomic mass is 10.1. The minimum absolute atomic E-state index is 0.0140. The van der Waals surface area contributed by atoms with Gasteiger partial charge in [0.05, 0.1) is 5.69 Å². The molecule has 0 saturated carbocycles. The Labute approximate surface area is 104 Å². The maximum Gasteiger partial charge on any atom is 0.127 e. The van der Waals surface area contributed by atoms with E-state index in [1.165, 1.54) is 6.07 Å². The zero-order valence-electron chi connectivity index (χ0n) is 10.3. The van der Waals surface area contributed by atoms with E-state index in [4.69, 9.17) is 0 Å². The molecule has 1 unspecified atom stereocenters. The Morgan fingerprint density at radius 1 is 1.33 bits per heavy atom. The predicted molar refractivity (Wildman–Crippen MR) is 64.8 cm³/mol. The quantitative estimate of drug-likeness (QED) is 0.905. The lowest BCUT2D eigenvalue weighted by Gasteiger charge is -2.14. The number of rotatable bonds is 4. The molecular formula is C13H15F2N3. The molecule has 0 aliphatic rings. The molecule has 1 aromatic heterocycles. The number of aromatic nitrogens is 2. The second-order valence-electron chi connectivity index (χ2n) is 4.22. The summed E-state index contributed by atoms with van der Waals surface area (Å²) >= 11 is 0. The average Bonchev–Trinajstić information content (AvgIpc) is 2.76. The molecule has 1 aromatic carbocycles. The summed E-state index contributed by atoms with van der Waals surface area (Å²) in [5, 5.41) is 7.21. The van der Waals surface area contributed by atoms with Gasteiger partial charge < -0.3 is 5.32 Å². The zero-order valence-corrected chi connectivity index (χ0v) is 10.3. The van der Waals surface area contributed by atoms with E-state index in [-0.39, 0.29) is 12.6 Å². The molecular weight excluding hydrogens is 236 g/mol. The lowest BCUT2D eigenvalue weighted by Crippen LogP contribution is -2.21. The minimum Gasteiger partial charge on any atom is -0.305 e. The normalized spacial score (nSPS) is 12.7. The van der Waals surface area contributed by atoms with Crippen molar-refractivity contribution in [3.05, 3.63) is 53.4 Å². The molecule has 1 N–H and O–H groups in total. The van der Waals surface area contributed by atoms with Crippen molar-refractivity contribution >= 4 is 0 Å². The van der Waals surface area contributed by atoms with E-state index in [9.17, 15) is 8.78 Å². The molecule has 1 heterocycles. The van der Waals surface area contributed by atoms with E-state index in [2.05, 4.69) is 10.4 Å². The van der Waals surface area contributed by atoms with Gasteiger partial charge in [-0.05, 0) is 31.2 Å². The van der Waals surface area contributed by atoms with Crippen LogP contribution in [-0.2, 0) is 13.6 Å². The van der Waals surface area contributed by atoms with Crippen molar-refractivity contribution < 1.29 is 8.78 Å². The highest BCUT2D eigenvalue weighted by molar-refractivity contribution is 5.19. The Hall–Kier alpha value is -1.75. The molecule has 18 heavy (non-hydrogen) atoms. The molecule has 0 saturated heterocycles. The van der Waals surface area contributed by atoms with Crippen molar-refractivity contribution in [2.75, 3.05) is 0 Å². The Morgan fingerprint density at radius 3 is 2.78 bits per heavy atom. The fourth-order valence-corrected chi connectivity index (χ4v) is 1.86. The summed E-state index contributed by atoms with van der Waals surface area (Å²) in [7, 11) is 1.84. The summed E-state index contributed by atoms with van der Waals surface area (Å²) in [4.78, 5) is 0. The van der Waals surface area contributed by atoms with Gasteiger partial charge in [-0.2, -0.15) is 5.10 Å². The van der Waals surface area contributed by atoms with Gasteiger partial charge >= 0.3 is 0 Å². The summed E-state index contributed by atoms with van der Waals surface area (Å²) < 4.78 is 28.2. The first-order valence-electron chi connectivity index (χ1n) is 5.73. The van der Waals surface area contributed by atoms with Crippen molar-refractivity contribution in [2.24, 2.45) is 7.05 Å². The SMILES string of the molecule is CC(NCc1cc(F)ccc1F)c1ccnn1C. The first-order chi connectivity index (χ1) is 8.58. The number of halogens is 2. The average molecular weight is 251 g/mol. The Kier molecular flexibility index (Phi) is 3.72. The highest BCUT2D eigenvalue weighted by atomic mass is 19.1. The molecule has 5 heteroatoms. The van der Waals surface area contributed by atoms with Gasteiger partial charge in [0.2, 0.25) is 0 Å². The van der Waals surface area contributed by atoms with Gasteiger partial charge in [0.25, 0.3) is 0 Å². The fourth-order valence-electron chi connectivity index (χ4n) is 1.86. The molecule has 1 atom stereocenters. The first kappa shape index (κ1) is 12.7. The van der Waals surface area contributed by atoms with E-state index in [0.29, 0.717) is 5.56 Å². The highest BCUT2D eigenvalue weighted by Crippen LogP contribution is 2.14. The molecule has 3 nitrogen and oxygen atoms in total. The van der Waals surface area contributed by atoms with Crippen molar-refractivity contribution in [2.45, 2.75) is 19.5 Å². The highest BCUT2D eigenvalue weighted by Gasteiger charge is 2.10. The number of hydrogen-bond acceptors (Lipinski definition) is 2. The molecule has 0 fully saturated rings. The van der Waals surface area contributed by atoms with Gasteiger partial charge in [0.1, 0.15) is 11.6 Å². The second kappa shape index (κ2) is 5.27. The van der Waals surface area contributed by atoms with Crippen molar-refractivity contribution in [3.8, 4) is 0 Å². The van der Waals surface area contributed by atoms with Gasteiger partial charge in [0, 0.05) is 31.4 Å². The lowest BCUT2D eigenvalue weighted by molar-refractivity contribution is 0.510. The van der Waals surface area contributed by atoms with Gasteiger partial charge in [-0.1, -0.05) is 0 Å². The number of aryl methyl sites for hydroxylation is 1. The fraction of sp³-hybridized carbons (Fsp3) is 0.308. The van der Waals surface area contributed by atoms with Crippen LogP contribution in [0.1, 0.15) is 24.2 Å². The number of nitrogens with zero attached hydrogens (tertiary/aromatic N) is 2. The number of hydrogen-bond donors (Lipinski definition) is 1. The zero-order chi connectivity index (χ0) is 13.1. The second-order valence-corrected chi connectivity index (χ2v) is 4.22. The third-order valence-electron chi connectivity index (χ3n) is 2.91. The van der Waals surface area contributed by atoms with Gasteiger partial charge in [-0.3, -0.25) is 4.68 Å². The molecule has 0 aliphatic carbocycles. The summed E-state index contributed by atoms with van der Waals surface area (Å²) in [5.74, 6) is -0.831. The molecule has 0 radical (unpaired) electrons. The third kappa shape index (κ3) is 2.73. The molecule has 2 aromatic rings. The van der Waals surface area contributed by atoms with Crippen LogP contribution in [0.15, 0.2) is 30.5 Å². The van der Waals surface area contributed by atoms with Gasteiger partial charge in [0.15, 0.2) is 0 Å². The summed E-state index contributed by atoms with van der Waals surface area (Å²) in [5.41, 5.74) is 1.32. The third-order valence-corrected chi connectivity index (χ3v) is 2.91. The van der Waals surface area contributed by atoms with E-state index >= 15 is 0 Å². The van der Waals surface area contributed by atoms with Gasteiger partial charge in [-0.15, -0.1) is 0 Å². The first-order valence-corrected chi connectivity index (χ1v) is 5.73. The van der Waals surface area contributed by atoms with Crippen molar-refractivity contribution in [1.29, 1.82) is 0 Å².